The van der Waals surface area contributed by atoms with Crippen LogP contribution >= 0.6 is 0 Å². The van der Waals surface area contributed by atoms with E-state index < -0.39 is 18.0 Å². The van der Waals surface area contributed by atoms with Gasteiger partial charge in [-0.25, -0.2) is 0 Å². The smallest absolute Gasteiger partial charge is 0.242 e. The second kappa shape index (κ2) is 11.1. The van der Waals surface area contributed by atoms with Gasteiger partial charge in [0.15, 0.2) is 0 Å². The minimum atomic E-state index is -0.798. The van der Waals surface area contributed by atoms with Crippen molar-refractivity contribution in [2.24, 2.45) is 5.73 Å². The van der Waals surface area contributed by atoms with E-state index in [0.717, 1.165) is 35.1 Å². The summed E-state index contributed by atoms with van der Waals surface area (Å²) in [6.07, 6.45) is 1.85. The first-order chi connectivity index (χ1) is 14.7. The van der Waals surface area contributed by atoms with E-state index in [1.807, 2.05) is 26.0 Å². The van der Waals surface area contributed by atoms with Gasteiger partial charge in [0, 0.05) is 6.54 Å². The Balaban J connectivity index is 1.76. The topological polar surface area (TPSA) is 128 Å². The summed E-state index contributed by atoms with van der Waals surface area (Å²) >= 11 is 0. The molecule has 31 heavy (non-hydrogen) atoms. The van der Waals surface area contributed by atoms with Crippen LogP contribution in [-0.2, 0) is 22.4 Å². The van der Waals surface area contributed by atoms with Crippen LogP contribution in [0.1, 0.15) is 41.2 Å². The lowest BCUT2D eigenvalue weighted by atomic mass is 9.96. The van der Waals surface area contributed by atoms with Crippen LogP contribution < -0.4 is 16.4 Å². The average Bonchev–Trinajstić information content (AvgIpc) is 2.73. The number of aromatic hydroxyl groups is 1. The van der Waals surface area contributed by atoms with Gasteiger partial charge < -0.3 is 21.5 Å². The Morgan fingerprint density at radius 3 is 2.32 bits per heavy atom. The number of phenols is 1. The third-order valence-corrected chi connectivity index (χ3v) is 5.22. The molecule has 0 aliphatic rings. The fourth-order valence-electron chi connectivity index (χ4n) is 3.39. The zero-order chi connectivity index (χ0) is 23.0. The Morgan fingerprint density at radius 1 is 1.13 bits per heavy atom. The highest BCUT2D eigenvalue weighted by Gasteiger charge is 2.21. The number of rotatable bonds is 9. The summed E-state index contributed by atoms with van der Waals surface area (Å²) in [5.41, 5.74) is 10.4. The van der Waals surface area contributed by atoms with E-state index >= 15 is 0 Å². The Bertz CT molecular complexity index is 941. The molecule has 0 unspecified atom stereocenters. The molecule has 7 heteroatoms. The van der Waals surface area contributed by atoms with E-state index in [0.29, 0.717) is 18.5 Å². The van der Waals surface area contributed by atoms with Gasteiger partial charge >= 0.3 is 0 Å². The van der Waals surface area contributed by atoms with E-state index in [9.17, 15) is 14.7 Å². The Morgan fingerprint density at radius 2 is 1.74 bits per heavy atom. The Labute approximate surface area is 183 Å². The van der Waals surface area contributed by atoms with Gasteiger partial charge in [-0.3, -0.25) is 9.59 Å². The van der Waals surface area contributed by atoms with Crippen LogP contribution in [0.25, 0.3) is 0 Å². The van der Waals surface area contributed by atoms with Crippen molar-refractivity contribution in [1.29, 1.82) is 5.26 Å². The van der Waals surface area contributed by atoms with Crippen molar-refractivity contribution in [3.8, 4) is 11.8 Å². The highest BCUT2D eigenvalue weighted by atomic mass is 16.3. The minimum Gasteiger partial charge on any atom is -0.508 e. The molecule has 0 aromatic heterocycles. The van der Waals surface area contributed by atoms with Crippen LogP contribution in [0.4, 0.5) is 0 Å². The lowest BCUT2D eigenvalue weighted by molar-refractivity contribution is -0.129. The van der Waals surface area contributed by atoms with Crippen LogP contribution in [0.3, 0.4) is 0 Å². The molecular formula is C24H30N4O3. The summed E-state index contributed by atoms with van der Waals surface area (Å²) in [6.45, 7) is 5.83. The molecule has 0 bridgehead atoms. The van der Waals surface area contributed by atoms with Crippen LogP contribution in [-0.4, -0.2) is 35.5 Å². The Kier molecular flexibility index (Phi) is 8.59. The van der Waals surface area contributed by atoms with Crippen LogP contribution in [0.2, 0.25) is 0 Å². The molecule has 0 spiro atoms. The maximum absolute atomic E-state index is 12.4. The molecule has 2 aromatic carbocycles. The molecule has 0 aliphatic heterocycles. The predicted molar refractivity (Wildman–Crippen MR) is 119 cm³/mol. The molecule has 5 N–H and O–H groups in total. The van der Waals surface area contributed by atoms with Gasteiger partial charge in [0.1, 0.15) is 11.8 Å². The van der Waals surface area contributed by atoms with Gasteiger partial charge in [-0.2, -0.15) is 5.26 Å². The second-order valence-corrected chi connectivity index (χ2v) is 7.80. The normalized spacial score (nSPS) is 12.5. The fraction of sp³-hybridized carbons (Fsp3) is 0.375. The molecule has 2 atom stereocenters. The van der Waals surface area contributed by atoms with Crippen molar-refractivity contribution in [3.05, 3.63) is 64.2 Å². The first-order valence-corrected chi connectivity index (χ1v) is 10.3. The standard InChI is InChI=1S/C24H30N4O3/c1-15-11-20(29)12-16(2)21(15)13-22(26)24(31)28-17(3)23(30)27-10-4-5-18-6-8-19(14-25)9-7-18/h6-9,11-12,17,22,29H,4-5,10,13,26H2,1-3H3,(H,27,30)(H,28,31)/t17-,22+/m1/s1. The SMILES string of the molecule is Cc1cc(O)cc(C)c1C[C@H](N)C(=O)N[C@H](C)C(=O)NCCCc1ccc(C#N)cc1. The molecule has 0 saturated heterocycles. The molecule has 0 heterocycles. The van der Waals surface area contributed by atoms with Gasteiger partial charge in [-0.1, -0.05) is 12.1 Å². The monoisotopic (exact) mass is 422 g/mol. The first-order valence-electron chi connectivity index (χ1n) is 10.3. The number of nitriles is 1. The van der Waals surface area contributed by atoms with Crippen LogP contribution in [0, 0.1) is 25.2 Å². The van der Waals surface area contributed by atoms with Crippen molar-refractivity contribution in [3.63, 3.8) is 0 Å². The number of aryl methyl sites for hydroxylation is 3. The third-order valence-electron chi connectivity index (χ3n) is 5.22. The number of phenolic OH excluding ortho intramolecular Hbond substituents is 1. The largest absolute Gasteiger partial charge is 0.508 e. The zero-order valence-electron chi connectivity index (χ0n) is 18.2. The summed E-state index contributed by atoms with van der Waals surface area (Å²) in [5.74, 6) is -0.481. The number of amides is 2. The summed E-state index contributed by atoms with van der Waals surface area (Å²) in [6, 6.07) is 11.2. The van der Waals surface area contributed by atoms with E-state index in [2.05, 4.69) is 16.7 Å². The Hall–Kier alpha value is -3.37. The molecule has 7 nitrogen and oxygen atoms in total. The van der Waals surface area contributed by atoms with Crippen LogP contribution in [0.15, 0.2) is 36.4 Å². The molecule has 0 radical (unpaired) electrons. The molecule has 2 rings (SSSR count). The van der Waals surface area contributed by atoms with E-state index in [1.165, 1.54) is 0 Å². The number of nitrogens with two attached hydrogens (primary N) is 1. The molecular weight excluding hydrogens is 392 g/mol. The molecule has 164 valence electrons. The quantitative estimate of drug-likeness (QED) is 0.460. The van der Waals surface area contributed by atoms with E-state index in [-0.39, 0.29) is 11.7 Å². The van der Waals surface area contributed by atoms with Gasteiger partial charge in [0.2, 0.25) is 11.8 Å². The number of carbonyl (C=O) groups is 2. The molecule has 0 fully saturated rings. The zero-order valence-corrected chi connectivity index (χ0v) is 18.2. The van der Waals surface area contributed by atoms with Crippen LogP contribution in [0.5, 0.6) is 5.75 Å². The summed E-state index contributed by atoms with van der Waals surface area (Å²) in [5, 5.41) is 24.0. The van der Waals surface area contributed by atoms with Crippen molar-refractivity contribution < 1.29 is 14.7 Å². The fourth-order valence-corrected chi connectivity index (χ4v) is 3.39. The number of nitrogens with zero attached hydrogens (tertiary/aromatic N) is 1. The second-order valence-electron chi connectivity index (χ2n) is 7.80. The lowest BCUT2D eigenvalue weighted by Gasteiger charge is -2.19. The summed E-state index contributed by atoms with van der Waals surface area (Å²) < 4.78 is 0. The maximum Gasteiger partial charge on any atom is 0.242 e. The maximum atomic E-state index is 12.4. The van der Waals surface area contributed by atoms with Crippen molar-refractivity contribution in [2.45, 2.75) is 52.1 Å². The van der Waals surface area contributed by atoms with E-state index in [4.69, 9.17) is 11.0 Å². The van der Waals surface area contributed by atoms with Gasteiger partial charge in [0.05, 0.1) is 17.7 Å². The molecule has 0 saturated carbocycles. The molecule has 0 aliphatic carbocycles. The molecule has 2 amide bonds. The summed E-state index contributed by atoms with van der Waals surface area (Å²) in [4.78, 5) is 24.7. The predicted octanol–water partition coefficient (Wildman–Crippen LogP) is 2.00. The van der Waals surface area contributed by atoms with E-state index in [1.54, 1.807) is 31.2 Å². The van der Waals surface area contributed by atoms with Gasteiger partial charge in [-0.15, -0.1) is 0 Å². The first kappa shape index (κ1) is 23.9. The third kappa shape index (κ3) is 7.12. The number of nitrogens with one attached hydrogen (secondary N) is 2. The highest BCUT2D eigenvalue weighted by Crippen LogP contribution is 2.21. The number of hydrogen-bond acceptors (Lipinski definition) is 5. The summed E-state index contributed by atoms with van der Waals surface area (Å²) in [7, 11) is 0. The number of benzene rings is 2. The average molecular weight is 423 g/mol. The number of hydrogen-bond donors (Lipinski definition) is 4. The highest BCUT2D eigenvalue weighted by molar-refractivity contribution is 5.89. The minimum absolute atomic E-state index is 0.182. The van der Waals surface area contributed by atoms with Crippen molar-refractivity contribution >= 4 is 11.8 Å². The number of carbonyl (C=O) groups excluding carboxylic acids is 2. The lowest BCUT2D eigenvalue weighted by Crippen LogP contribution is -2.51. The van der Waals surface area contributed by atoms with Crippen molar-refractivity contribution in [2.75, 3.05) is 6.54 Å². The van der Waals surface area contributed by atoms with Gasteiger partial charge in [0.25, 0.3) is 0 Å². The van der Waals surface area contributed by atoms with Crippen molar-refractivity contribution in [1.82, 2.24) is 10.6 Å². The van der Waals surface area contributed by atoms with Gasteiger partial charge in [-0.05, 0) is 86.6 Å². The molecule has 2 aromatic rings.